The normalized spacial score (nSPS) is 9.31. The van der Waals surface area contributed by atoms with E-state index in [2.05, 4.69) is 11.8 Å². The molecule has 0 amide bonds. The van der Waals surface area contributed by atoms with Crippen LogP contribution in [-0.2, 0) is 6.54 Å². The van der Waals surface area contributed by atoms with Crippen molar-refractivity contribution in [2.75, 3.05) is 0 Å². The van der Waals surface area contributed by atoms with Crippen molar-refractivity contribution < 1.29 is 0 Å². The Hall–Kier alpha value is -2.04. The summed E-state index contributed by atoms with van der Waals surface area (Å²) in [5.41, 5.74) is 8.77. The van der Waals surface area contributed by atoms with Crippen molar-refractivity contribution >= 4 is 0 Å². The SMILES string of the molecule is NCc1ccccc1C#Cc1ccccc1. The van der Waals surface area contributed by atoms with Crippen molar-refractivity contribution in [1.82, 2.24) is 0 Å². The molecule has 0 heterocycles. The summed E-state index contributed by atoms with van der Waals surface area (Å²) in [4.78, 5) is 0. The van der Waals surface area contributed by atoms with Gasteiger partial charge in [-0.25, -0.2) is 0 Å². The molecule has 1 nitrogen and oxygen atoms in total. The molecule has 2 aromatic rings. The van der Waals surface area contributed by atoms with Crippen LogP contribution in [0.2, 0.25) is 0 Å². The molecule has 0 saturated heterocycles. The Bertz CT molecular complexity index is 518. The third-order valence-electron chi connectivity index (χ3n) is 2.35. The van der Waals surface area contributed by atoms with Crippen LogP contribution < -0.4 is 5.73 Å². The van der Waals surface area contributed by atoms with E-state index >= 15 is 0 Å². The summed E-state index contributed by atoms with van der Waals surface area (Å²) in [6.45, 7) is 0.527. The zero-order valence-electron chi connectivity index (χ0n) is 8.98. The van der Waals surface area contributed by atoms with E-state index in [1.165, 1.54) is 0 Å². The maximum atomic E-state index is 5.65. The van der Waals surface area contributed by atoms with Crippen molar-refractivity contribution in [2.24, 2.45) is 5.73 Å². The van der Waals surface area contributed by atoms with Crippen molar-refractivity contribution in [1.29, 1.82) is 0 Å². The lowest BCUT2D eigenvalue weighted by molar-refractivity contribution is 1.06. The molecule has 0 aromatic heterocycles. The van der Waals surface area contributed by atoms with E-state index in [9.17, 15) is 0 Å². The summed E-state index contributed by atoms with van der Waals surface area (Å²) in [7, 11) is 0. The molecular weight excluding hydrogens is 194 g/mol. The van der Waals surface area contributed by atoms with Gasteiger partial charge in [0.2, 0.25) is 0 Å². The summed E-state index contributed by atoms with van der Waals surface area (Å²) >= 11 is 0. The third kappa shape index (κ3) is 2.50. The molecule has 0 aliphatic carbocycles. The summed E-state index contributed by atoms with van der Waals surface area (Å²) in [6.07, 6.45) is 0. The van der Waals surface area contributed by atoms with E-state index in [0.29, 0.717) is 6.54 Å². The van der Waals surface area contributed by atoms with Gasteiger partial charge in [0.1, 0.15) is 0 Å². The molecule has 1 heteroatoms. The van der Waals surface area contributed by atoms with Crippen molar-refractivity contribution in [3.05, 3.63) is 71.3 Å². The molecule has 78 valence electrons. The van der Waals surface area contributed by atoms with Gasteiger partial charge in [-0.15, -0.1) is 0 Å². The molecule has 0 aliphatic rings. The molecule has 0 fully saturated rings. The lowest BCUT2D eigenvalue weighted by Gasteiger charge is -1.98. The number of hydrogen-bond acceptors (Lipinski definition) is 1. The highest BCUT2D eigenvalue weighted by Crippen LogP contribution is 2.06. The first-order valence-corrected chi connectivity index (χ1v) is 5.25. The number of hydrogen-bond donors (Lipinski definition) is 1. The summed E-state index contributed by atoms with van der Waals surface area (Å²) in [6, 6.07) is 17.9. The highest BCUT2D eigenvalue weighted by Gasteiger charge is 1.94. The van der Waals surface area contributed by atoms with E-state index < -0.39 is 0 Å². The topological polar surface area (TPSA) is 26.0 Å². The molecule has 0 spiro atoms. The molecule has 0 aliphatic heterocycles. The number of rotatable bonds is 1. The van der Waals surface area contributed by atoms with Crippen molar-refractivity contribution in [3.8, 4) is 11.8 Å². The van der Waals surface area contributed by atoms with Crippen LogP contribution in [0, 0.1) is 11.8 Å². The molecule has 2 aromatic carbocycles. The molecule has 0 atom stereocenters. The molecule has 16 heavy (non-hydrogen) atoms. The van der Waals surface area contributed by atoms with E-state index in [1.54, 1.807) is 0 Å². The number of nitrogens with two attached hydrogens (primary N) is 1. The summed E-state index contributed by atoms with van der Waals surface area (Å²) in [5, 5.41) is 0. The van der Waals surface area contributed by atoms with Gasteiger partial charge in [-0.2, -0.15) is 0 Å². The zero-order chi connectivity index (χ0) is 11.2. The van der Waals surface area contributed by atoms with Crippen LogP contribution in [0.1, 0.15) is 16.7 Å². The van der Waals surface area contributed by atoms with Gasteiger partial charge in [0, 0.05) is 17.7 Å². The Labute approximate surface area is 95.9 Å². The van der Waals surface area contributed by atoms with Gasteiger partial charge in [-0.3, -0.25) is 0 Å². The van der Waals surface area contributed by atoms with Crippen LogP contribution in [0.5, 0.6) is 0 Å². The molecular formula is C15H13N. The van der Waals surface area contributed by atoms with E-state index in [-0.39, 0.29) is 0 Å². The molecule has 0 unspecified atom stereocenters. The van der Waals surface area contributed by atoms with Crippen molar-refractivity contribution in [2.45, 2.75) is 6.54 Å². The maximum Gasteiger partial charge on any atom is 0.0293 e. The molecule has 0 radical (unpaired) electrons. The standard InChI is InChI=1S/C15H13N/c16-12-15-9-5-4-8-14(15)11-10-13-6-2-1-3-7-13/h1-9H,12,16H2. The van der Waals surface area contributed by atoms with Crippen LogP contribution >= 0.6 is 0 Å². The fourth-order valence-corrected chi connectivity index (χ4v) is 1.48. The lowest BCUT2D eigenvalue weighted by Crippen LogP contribution is -1.98. The van der Waals surface area contributed by atoms with Crippen LogP contribution in [-0.4, -0.2) is 0 Å². The second-order valence-corrected chi connectivity index (χ2v) is 3.48. The molecule has 2 N–H and O–H groups in total. The monoisotopic (exact) mass is 207 g/mol. The van der Waals surface area contributed by atoms with E-state index in [0.717, 1.165) is 16.7 Å². The van der Waals surface area contributed by atoms with E-state index in [4.69, 9.17) is 5.73 Å². The van der Waals surface area contributed by atoms with Crippen LogP contribution in [0.4, 0.5) is 0 Å². The minimum absolute atomic E-state index is 0.527. The Morgan fingerprint density at radius 1 is 0.812 bits per heavy atom. The fourth-order valence-electron chi connectivity index (χ4n) is 1.48. The van der Waals surface area contributed by atoms with Crippen LogP contribution in [0.25, 0.3) is 0 Å². The van der Waals surface area contributed by atoms with Gasteiger partial charge >= 0.3 is 0 Å². The Kier molecular flexibility index (Phi) is 3.38. The first-order chi connectivity index (χ1) is 7.90. The third-order valence-corrected chi connectivity index (χ3v) is 2.35. The van der Waals surface area contributed by atoms with Crippen LogP contribution in [0.3, 0.4) is 0 Å². The number of benzene rings is 2. The second kappa shape index (κ2) is 5.16. The minimum Gasteiger partial charge on any atom is -0.326 e. The quantitative estimate of drug-likeness (QED) is 0.714. The summed E-state index contributed by atoms with van der Waals surface area (Å²) in [5.74, 6) is 6.28. The smallest absolute Gasteiger partial charge is 0.0293 e. The highest BCUT2D eigenvalue weighted by atomic mass is 14.5. The fraction of sp³-hybridized carbons (Fsp3) is 0.0667. The predicted octanol–water partition coefficient (Wildman–Crippen LogP) is 2.55. The average Bonchev–Trinajstić information content (AvgIpc) is 2.38. The zero-order valence-corrected chi connectivity index (χ0v) is 8.98. The highest BCUT2D eigenvalue weighted by molar-refractivity contribution is 5.46. The summed E-state index contributed by atoms with van der Waals surface area (Å²) < 4.78 is 0. The first-order valence-electron chi connectivity index (χ1n) is 5.25. The van der Waals surface area contributed by atoms with Gasteiger partial charge in [0.25, 0.3) is 0 Å². The Morgan fingerprint density at radius 2 is 1.50 bits per heavy atom. The molecule has 2 rings (SSSR count). The van der Waals surface area contributed by atoms with Gasteiger partial charge < -0.3 is 5.73 Å². The van der Waals surface area contributed by atoms with Gasteiger partial charge in [0.15, 0.2) is 0 Å². The van der Waals surface area contributed by atoms with Crippen LogP contribution in [0.15, 0.2) is 54.6 Å². The van der Waals surface area contributed by atoms with Gasteiger partial charge in [-0.05, 0) is 23.8 Å². The predicted molar refractivity (Wildman–Crippen MR) is 66.8 cm³/mol. The molecule has 0 bridgehead atoms. The minimum atomic E-state index is 0.527. The first kappa shape index (κ1) is 10.5. The van der Waals surface area contributed by atoms with Gasteiger partial charge in [-0.1, -0.05) is 48.2 Å². The van der Waals surface area contributed by atoms with Gasteiger partial charge in [0.05, 0.1) is 0 Å². The Morgan fingerprint density at radius 3 is 2.25 bits per heavy atom. The Balaban J connectivity index is 2.31. The molecule has 0 saturated carbocycles. The van der Waals surface area contributed by atoms with E-state index in [1.807, 2.05) is 54.6 Å². The van der Waals surface area contributed by atoms with Crippen molar-refractivity contribution in [3.63, 3.8) is 0 Å². The maximum absolute atomic E-state index is 5.65. The lowest BCUT2D eigenvalue weighted by atomic mass is 10.1. The average molecular weight is 207 g/mol. The second-order valence-electron chi connectivity index (χ2n) is 3.48. The largest absolute Gasteiger partial charge is 0.326 e.